The minimum Gasteiger partial charge on any atom is -0.315 e. The third kappa shape index (κ3) is 1.75. The van der Waals surface area contributed by atoms with E-state index in [1.54, 1.807) is 30.8 Å². The highest BCUT2D eigenvalue weighted by molar-refractivity contribution is 7.99. The molecule has 2 heterocycles. The maximum Gasteiger partial charge on any atom is 0.178 e. The summed E-state index contributed by atoms with van der Waals surface area (Å²) in [6.07, 6.45) is 0. The first-order valence-corrected chi connectivity index (χ1v) is 6.65. The predicted octanol–water partition coefficient (Wildman–Crippen LogP) is 3.00. The summed E-state index contributed by atoms with van der Waals surface area (Å²) in [6, 6.07) is 6.09. The van der Waals surface area contributed by atoms with Crippen LogP contribution in [0.1, 0.15) is 17.4 Å². The molecule has 0 fully saturated rings. The first kappa shape index (κ1) is 11.5. The Balaban J connectivity index is 2.17. The first-order valence-electron chi connectivity index (χ1n) is 5.67. The van der Waals surface area contributed by atoms with Crippen molar-refractivity contribution in [3.63, 3.8) is 0 Å². The number of hydrogen-bond donors (Lipinski definition) is 0. The molecule has 3 nitrogen and oxygen atoms in total. The molecule has 0 radical (unpaired) electrons. The van der Waals surface area contributed by atoms with Gasteiger partial charge in [0.2, 0.25) is 0 Å². The molecule has 3 rings (SSSR count). The van der Waals surface area contributed by atoms with Gasteiger partial charge < -0.3 is 4.57 Å². The van der Waals surface area contributed by atoms with E-state index in [9.17, 15) is 9.18 Å². The molecule has 0 atom stereocenters. The molecule has 0 N–H and O–H groups in total. The molecule has 1 aromatic heterocycles. The number of fused-ring (bicyclic) bond motifs is 1. The summed E-state index contributed by atoms with van der Waals surface area (Å²) in [5, 5.41) is 0.875. The molecule has 0 spiro atoms. The van der Waals surface area contributed by atoms with Crippen LogP contribution >= 0.6 is 11.8 Å². The third-order valence-corrected chi connectivity index (χ3v) is 3.89. The molecule has 92 valence electrons. The molecule has 0 saturated carbocycles. The zero-order valence-corrected chi connectivity index (χ0v) is 10.6. The van der Waals surface area contributed by atoms with Gasteiger partial charge in [0.25, 0.3) is 0 Å². The summed E-state index contributed by atoms with van der Waals surface area (Å²) in [5.41, 5.74) is 2.07. The quantitative estimate of drug-likeness (QED) is 0.780. The average Bonchev–Trinajstić information content (AvgIpc) is 2.88. The molecule has 1 aliphatic rings. The van der Waals surface area contributed by atoms with E-state index < -0.39 is 0 Å². The lowest BCUT2D eigenvalue weighted by Crippen LogP contribution is -2.06. The molecule has 0 amide bonds. The Kier molecular flexibility index (Phi) is 2.70. The summed E-state index contributed by atoms with van der Waals surface area (Å²) in [5.74, 6) is 0.659. The van der Waals surface area contributed by atoms with Crippen molar-refractivity contribution in [1.82, 2.24) is 9.55 Å². The minimum absolute atomic E-state index is 0.00410. The zero-order valence-electron chi connectivity index (χ0n) is 9.81. The van der Waals surface area contributed by atoms with Crippen molar-refractivity contribution in [3.05, 3.63) is 35.8 Å². The van der Waals surface area contributed by atoms with Crippen LogP contribution in [-0.4, -0.2) is 21.1 Å². The number of ketones is 1. The van der Waals surface area contributed by atoms with Crippen LogP contribution in [0.5, 0.6) is 0 Å². The number of rotatable bonds is 2. The number of benzene rings is 1. The molecular weight excluding hydrogens is 251 g/mol. The van der Waals surface area contributed by atoms with Gasteiger partial charge in [-0.25, -0.2) is 9.37 Å². The van der Waals surface area contributed by atoms with E-state index in [1.807, 2.05) is 4.57 Å². The number of halogens is 1. The number of thioether (sulfide) groups is 1. The smallest absolute Gasteiger partial charge is 0.178 e. The van der Waals surface area contributed by atoms with Crippen LogP contribution in [0, 0.1) is 5.82 Å². The Labute approximate surface area is 108 Å². The number of hydrogen-bond acceptors (Lipinski definition) is 3. The number of nitrogens with zero attached hydrogens (tertiary/aromatic N) is 2. The maximum absolute atomic E-state index is 12.9. The molecule has 0 bridgehead atoms. The lowest BCUT2D eigenvalue weighted by atomic mass is 10.1. The minimum atomic E-state index is -0.288. The SMILES string of the molecule is CC(=O)c1c(-c2ccc(F)cc2)nc2n1CCS2. The van der Waals surface area contributed by atoms with Gasteiger partial charge in [-0.1, -0.05) is 11.8 Å². The monoisotopic (exact) mass is 262 g/mol. The topological polar surface area (TPSA) is 34.9 Å². The third-order valence-electron chi connectivity index (χ3n) is 2.93. The van der Waals surface area contributed by atoms with E-state index in [-0.39, 0.29) is 11.6 Å². The van der Waals surface area contributed by atoms with E-state index in [0.29, 0.717) is 11.4 Å². The van der Waals surface area contributed by atoms with Crippen molar-refractivity contribution in [2.24, 2.45) is 0 Å². The van der Waals surface area contributed by atoms with Crippen LogP contribution in [0.3, 0.4) is 0 Å². The van der Waals surface area contributed by atoms with Gasteiger partial charge in [0.05, 0.1) is 0 Å². The van der Waals surface area contributed by atoms with Crippen LogP contribution in [0.15, 0.2) is 29.4 Å². The molecular formula is C13H11FN2OS. The molecule has 1 aliphatic heterocycles. The standard InChI is InChI=1S/C13H11FN2OS/c1-8(17)12-11(9-2-4-10(14)5-3-9)15-13-16(12)6-7-18-13/h2-5H,6-7H2,1H3. The second kappa shape index (κ2) is 4.24. The zero-order chi connectivity index (χ0) is 12.7. The second-order valence-electron chi connectivity index (χ2n) is 4.15. The fourth-order valence-electron chi connectivity index (χ4n) is 2.14. The van der Waals surface area contributed by atoms with E-state index in [0.717, 1.165) is 23.0 Å². The molecule has 0 aliphatic carbocycles. The van der Waals surface area contributed by atoms with E-state index in [4.69, 9.17) is 0 Å². The van der Waals surface area contributed by atoms with E-state index >= 15 is 0 Å². The van der Waals surface area contributed by atoms with Gasteiger partial charge >= 0.3 is 0 Å². The largest absolute Gasteiger partial charge is 0.315 e. The number of carbonyl (C=O) groups excluding carboxylic acids is 1. The second-order valence-corrected chi connectivity index (χ2v) is 5.22. The van der Waals surface area contributed by atoms with Crippen LogP contribution in [0.2, 0.25) is 0 Å². The van der Waals surface area contributed by atoms with Gasteiger partial charge in [-0.05, 0) is 24.3 Å². The van der Waals surface area contributed by atoms with Crippen LogP contribution in [0.25, 0.3) is 11.3 Å². The molecule has 18 heavy (non-hydrogen) atoms. The van der Waals surface area contributed by atoms with Gasteiger partial charge in [0.15, 0.2) is 10.9 Å². The summed E-state index contributed by atoms with van der Waals surface area (Å²) < 4.78 is 14.9. The van der Waals surface area contributed by atoms with Crippen molar-refractivity contribution in [3.8, 4) is 11.3 Å². The average molecular weight is 262 g/mol. The van der Waals surface area contributed by atoms with Crippen LogP contribution in [0.4, 0.5) is 4.39 Å². The molecule has 0 unspecified atom stereocenters. The van der Waals surface area contributed by atoms with E-state index in [2.05, 4.69) is 4.98 Å². The van der Waals surface area contributed by atoms with Crippen LogP contribution < -0.4 is 0 Å². The van der Waals surface area contributed by atoms with E-state index in [1.165, 1.54) is 12.1 Å². The summed E-state index contributed by atoms with van der Waals surface area (Å²) in [6.45, 7) is 2.35. The number of aromatic nitrogens is 2. The molecule has 0 saturated heterocycles. The van der Waals surface area contributed by atoms with Crippen molar-refractivity contribution in [2.45, 2.75) is 18.6 Å². The van der Waals surface area contributed by atoms with Crippen molar-refractivity contribution in [1.29, 1.82) is 0 Å². The Morgan fingerprint density at radius 2 is 2.11 bits per heavy atom. The van der Waals surface area contributed by atoms with Gasteiger partial charge in [-0.3, -0.25) is 4.79 Å². The van der Waals surface area contributed by atoms with Crippen molar-refractivity contribution in [2.75, 3.05) is 5.75 Å². The lowest BCUT2D eigenvalue weighted by molar-refractivity contribution is 0.100. The Morgan fingerprint density at radius 3 is 2.78 bits per heavy atom. The summed E-state index contributed by atoms with van der Waals surface area (Å²) >= 11 is 1.64. The number of carbonyl (C=O) groups is 1. The molecule has 2 aromatic rings. The summed E-state index contributed by atoms with van der Waals surface area (Å²) in [4.78, 5) is 16.3. The normalized spacial score (nSPS) is 13.7. The first-order chi connectivity index (χ1) is 8.66. The van der Waals surface area contributed by atoms with Crippen LogP contribution in [-0.2, 0) is 6.54 Å². The van der Waals surface area contributed by atoms with Crippen molar-refractivity contribution >= 4 is 17.5 Å². The molecule has 5 heteroatoms. The van der Waals surface area contributed by atoms with Gasteiger partial charge in [0, 0.05) is 24.8 Å². The van der Waals surface area contributed by atoms with Gasteiger partial charge in [-0.15, -0.1) is 0 Å². The molecule has 1 aromatic carbocycles. The Bertz CT molecular complexity index is 619. The number of imidazole rings is 1. The summed E-state index contributed by atoms with van der Waals surface area (Å²) in [7, 11) is 0. The highest BCUT2D eigenvalue weighted by Gasteiger charge is 2.24. The highest BCUT2D eigenvalue weighted by Crippen LogP contribution is 2.33. The number of Topliss-reactive ketones (excluding diaryl/α,β-unsaturated/α-hetero) is 1. The maximum atomic E-state index is 12.9. The van der Waals surface area contributed by atoms with Crippen molar-refractivity contribution < 1.29 is 9.18 Å². The van der Waals surface area contributed by atoms with Gasteiger partial charge in [0.1, 0.15) is 17.2 Å². The lowest BCUT2D eigenvalue weighted by Gasteiger charge is -2.03. The predicted molar refractivity (Wildman–Crippen MR) is 68.3 cm³/mol. The highest BCUT2D eigenvalue weighted by atomic mass is 32.2. The van der Waals surface area contributed by atoms with Gasteiger partial charge in [-0.2, -0.15) is 0 Å². The Hall–Kier alpha value is -1.62. The fourth-order valence-corrected chi connectivity index (χ4v) is 3.09. The fraction of sp³-hybridized carbons (Fsp3) is 0.231. The Morgan fingerprint density at radius 1 is 1.39 bits per heavy atom.